The van der Waals surface area contributed by atoms with E-state index < -0.39 is 0 Å². The molecule has 1 fully saturated rings. The molecule has 134 valence electrons. The van der Waals surface area contributed by atoms with E-state index in [-0.39, 0.29) is 5.78 Å². The summed E-state index contributed by atoms with van der Waals surface area (Å²) in [4.78, 5) is 12.6. The van der Waals surface area contributed by atoms with Crippen LogP contribution in [0.3, 0.4) is 0 Å². The lowest BCUT2D eigenvalue weighted by atomic mass is 9.90. The van der Waals surface area contributed by atoms with Crippen LogP contribution >= 0.6 is 0 Å². The van der Waals surface area contributed by atoms with Crippen molar-refractivity contribution in [1.82, 2.24) is 9.78 Å². The van der Waals surface area contributed by atoms with Gasteiger partial charge in [-0.3, -0.25) is 9.48 Å². The lowest BCUT2D eigenvalue weighted by Crippen LogP contribution is -2.09. The fraction of sp³-hybridized carbons (Fsp3) is 0.545. The van der Waals surface area contributed by atoms with E-state index in [4.69, 9.17) is 0 Å². The van der Waals surface area contributed by atoms with Crippen molar-refractivity contribution in [2.24, 2.45) is 7.05 Å². The lowest BCUT2D eigenvalue weighted by Gasteiger charge is -2.15. The van der Waals surface area contributed by atoms with Crippen molar-refractivity contribution in [3.05, 3.63) is 52.3 Å². The first-order chi connectivity index (χ1) is 12.0. The van der Waals surface area contributed by atoms with Gasteiger partial charge in [0.15, 0.2) is 0 Å². The maximum atomic E-state index is 12.6. The molecule has 0 unspecified atom stereocenters. The predicted octanol–water partition coefficient (Wildman–Crippen LogP) is 4.83. The van der Waals surface area contributed by atoms with Gasteiger partial charge in [0.25, 0.3) is 0 Å². The van der Waals surface area contributed by atoms with Gasteiger partial charge in [-0.1, -0.05) is 49.9 Å². The van der Waals surface area contributed by atoms with Gasteiger partial charge in [0, 0.05) is 31.1 Å². The molecule has 1 aromatic heterocycles. The first-order valence-electron chi connectivity index (χ1n) is 9.64. The Labute approximate surface area is 151 Å². The van der Waals surface area contributed by atoms with Crippen molar-refractivity contribution in [1.29, 1.82) is 0 Å². The Morgan fingerprint density at radius 1 is 1.12 bits per heavy atom. The third kappa shape index (κ3) is 4.39. The largest absolute Gasteiger partial charge is 0.299 e. The summed E-state index contributed by atoms with van der Waals surface area (Å²) in [6.45, 7) is 4.03. The highest BCUT2D eigenvalue weighted by Crippen LogP contribution is 2.32. The van der Waals surface area contributed by atoms with Crippen molar-refractivity contribution >= 4 is 5.78 Å². The monoisotopic (exact) mass is 338 g/mol. The zero-order chi connectivity index (χ0) is 17.8. The highest BCUT2D eigenvalue weighted by molar-refractivity contribution is 5.83. The SMILES string of the molecule is Cc1nn(C)c(C)c1CC(=O)Cc1cccc(C2CCCCCC2)c1. The maximum Gasteiger partial charge on any atom is 0.141 e. The zero-order valence-corrected chi connectivity index (χ0v) is 15.8. The van der Waals surface area contributed by atoms with E-state index in [1.807, 2.05) is 25.6 Å². The van der Waals surface area contributed by atoms with Crippen LogP contribution < -0.4 is 0 Å². The van der Waals surface area contributed by atoms with Gasteiger partial charge in [-0.2, -0.15) is 5.10 Å². The minimum absolute atomic E-state index is 0.275. The van der Waals surface area contributed by atoms with Crippen LogP contribution in [0.2, 0.25) is 0 Å². The van der Waals surface area contributed by atoms with Gasteiger partial charge < -0.3 is 0 Å². The van der Waals surface area contributed by atoms with Crippen LogP contribution in [0, 0.1) is 13.8 Å². The van der Waals surface area contributed by atoms with Crippen molar-refractivity contribution in [3.63, 3.8) is 0 Å². The van der Waals surface area contributed by atoms with Crippen LogP contribution in [-0.4, -0.2) is 15.6 Å². The second-order valence-corrected chi connectivity index (χ2v) is 7.60. The van der Waals surface area contributed by atoms with Crippen LogP contribution in [0.25, 0.3) is 0 Å². The van der Waals surface area contributed by atoms with E-state index in [0.717, 1.165) is 22.5 Å². The number of ketones is 1. The molecular formula is C22H30N2O. The van der Waals surface area contributed by atoms with E-state index in [1.165, 1.54) is 44.1 Å². The van der Waals surface area contributed by atoms with Crippen LogP contribution in [0.5, 0.6) is 0 Å². The molecule has 2 aromatic rings. The van der Waals surface area contributed by atoms with Crippen LogP contribution in [0.15, 0.2) is 24.3 Å². The van der Waals surface area contributed by atoms with Crippen molar-refractivity contribution < 1.29 is 4.79 Å². The van der Waals surface area contributed by atoms with Gasteiger partial charge in [-0.15, -0.1) is 0 Å². The molecular weight excluding hydrogens is 308 g/mol. The van der Waals surface area contributed by atoms with Crippen molar-refractivity contribution in [3.8, 4) is 0 Å². The number of benzene rings is 1. The van der Waals surface area contributed by atoms with Crippen molar-refractivity contribution in [2.45, 2.75) is 71.1 Å². The highest BCUT2D eigenvalue weighted by Gasteiger charge is 2.16. The Morgan fingerprint density at radius 2 is 1.84 bits per heavy atom. The minimum Gasteiger partial charge on any atom is -0.299 e. The molecule has 3 heteroatoms. The third-order valence-corrected chi connectivity index (χ3v) is 5.71. The van der Waals surface area contributed by atoms with Gasteiger partial charge in [-0.25, -0.2) is 0 Å². The van der Waals surface area contributed by atoms with E-state index in [2.05, 4.69) is 29.4 Å². The van der Waals surface area contributed by atoms with Gasteiger partial charge in [0.05, 0.1) is 5.69 Å². The van der Waals surface area contributed by atoms with E-state index in [0.29, 0.717) is 18.8 Å². The maximum absolute atomic E-state index is 12.6. The average Bonchev–Trinajstić information content (AvgIpc) is 2.81. The summed E-state index contributed by atoms with van der Waals surface area (Å²) in [5.74, 6) is 0.956. The summed E-state index contributed by atoms with van der Waals surface area (Å²) >= 11 is 0. The zero-order valence-electron chi connectivity index (χ0n) is 15.8. The summed E-state index contributed by atoms with van der Waals surface area (Å²) in [6, 6.07) is 8.75. The number of hydrogen-bond acceptors (Lipinski definition) is 2. The first-order valence-corrected chi connectivity index (χ1v) is 9.64. The number of aromatic nitrogens is 2. The summed E-state index contributed by atoms with van der Waals surface area (Å²) in [5, 5.41) is 4.42. The van der Waals surface area contributed by atoms with E-state index in [9.17, 15) is 4.79 Å². The Hall–Kier alpha value is -1.90. The van der Waals surface area contributed by atoms with Gasteiger partial charge in [-0.05, 0) is 43.7 Å². The summed E-state index contributed by atoms with van der Waals surface area (Å²) in [5.41, 5.74) is 5.75. The molecule has 1 aliphatic rings. The quantitative estimate of drug-likeness (QED) is 0.732. The van der Waals surface area contributed by atoms with E-state index in [1.54, 1.807) is 0 Å². The molecule has 0 atom stereocenters. The van der Waals surface area contributed by atoms with Crippen LogP contribution in [0.1, 0.15) is 72.5 Å². The number of nitrogens with zero attached hydrogens (tertiary/aromatic N) is 2. The molecule has 1 aliphatic carbocycles. The Kier molecular flexibility index (Phi) is 5.72. The normalized spacial score (nSPS) is 16.0. The number of Topliss-reactive ketones (excluding diaryl/α,β-unsaturated/α-hetero) is 1. The molecule has 1 aromatic carbocycles. The molecule has 0 spiro atoms. The van der Waals surface area contributed by atoms with Gasteiger partial charge in [0.2, 0.25) is 0 Å². The molecule has 0 bridgehead atoms. The molecule has 3 rings (SSSR count). The fourth-order valence-corrected chi connectivity index (χ4v) is 4.13. The smallest absolute Gasteiger partial charge is 0.141 e. The van der Waals surface area contributed by atoms with Crippen molar-refractivity contribution in [2.75, 3.05) is 0 Å². The molecule has 3 nitrogen and oxygen atoms in total. The Bertz CT molecular complexity index is 736. The summed E-state index contributed by atoms with van der Waals surface area (Å²) in [6.07, 6.45) is 9.03. The molecule has 25 heavy (non-hydrogen) atoms. The molecule has 0 amide bonds. The average molecular weight is 338 g/mol. The highest BCUT2D eigenvalue weighted by atomic mass is 16.1. The minimum atomic E-state index is 0.275. The second-order valence-electron chi connectivity index (χ2n) is 7.60. The Morgan fingerprint density at radius 3 is 2.48 bits per heavy atom. The molecule has 0 N–H and O–H groups in total. The molecule has 1 heterocycles. The molecule has 1 saturated carbocycles. The number of rotatable bonds is 5. The van der Waals surface area contributed by atoms with Gasteiger partial charge in [0.1, 0.15) is 5.78 Å². The predicted molar refractivity (Wildman–Crippen MR) is 102 cm³/mol. The van der Waals surface area contributed by atoms with Gasteiger partial charge >= 0.3 is 0 Å². The topological polar surface area (TPSA) is 34.9 Å². The number of carbonyl (C=O) groups excluding carboxylic acids is 1. The molecule has 0 aliphatic heterocycles. The van der Waals surface area contributed by atoms with E-state index >= 15 is 0 Å². The number of hydrogen-bond donors (Lipinski definition) is 0. The second kappa shape index (κ2) is 7.99. The summed E-state index contributed by atoms with van der Waals surface area (Å²) in [7, 11) is 1.94. The number of aryl methyl sites for hydroxylation is 2. The summed E-state index contributed by atoms with van der Waals surface area (Å²) < 4.78 is 1.87. The third-order valence-electron chi connectivity index (χ3n) is 5.71. The number of carbonyl (C=O) groups is 1. The molecule has 0 saturated heterocycles. The Balaban J connectivity index is 1.68. The standard InChI is InChI=1S/C22H30N2O/c1-16-22(17(2)24(3)23-16)15-21(25)14-18-9-8-12-20(13-18)19-10-6-4-5-7-11-19/h8-9,12-13,19H,4-7,10-11,14-15H2,1-3H3. The molecule has 0 radical (unpaired) electrons. The lowest BCUT2D eigenvalue weighted by molar-refractivity contribution is -0.117. The van der Waals surface area contributed by atoms with Crippen LogP contribution in [0.4, 0.5) is 0 Å². The fourth-order valence-electron chi connectivity index (χ4n) is 4.13. The van der Waals surface area contributed by atoms with Crippen LogP contribution in [-0.2, 0) is 24.7 Å². The first kappa shape index (κ1) is 17.9.